The minimum Gasteiger partial charge on any atom is -0.342 e. The molecule has 1 fully saturated rings. The van der Waals surface area contributed by atoms with Crippen molar-refractivity contribution in [1.82, 2.24) is 9.55 Å². The highest BCUT2D eigenvalue weighted by Gasteiger charge is 2.44. The fraction of sp³-hybridized carbons (Fsp3) is 0.286. The Labute approximate surface area is 170 Å². The molecular weight excluding hydrogens is 392 g/mol. The van der Waals surface area contributed by atoms with Crippen molar-refractivity contribution in [2.45, 2.75) is 18.4 Å². The van der Waals surface area contributed by atoms with E-state index in [2.05, 4.69) is 17.1 Å². The van der Waals surface area contributed by atoms with E-state index in [-0.39, 0.29) is 13.2 Å². The molecule has 0 saturated carbocycles. The van der Waals surface area contributed by atoms with Crippen molar-refractivity contribution < 1.29 is 22.1 Å². The van der Waals surface area contributed by atoms with Crippen LogP contribution in [0.25, 0.3) is 11.1 Å². The summed E-state index contributed by atoms with van der Waals surface area (Å²) in [6.45, 7) is 0.518. The molecule has 0 bridgehead atoms. The number of aromatic nitrogens is 2. The molecule has 1 aliphatic rings. The Balaban J connectivity index is 1.59. The Bertz CT molecular complexity index is 1040. The molecule has 1 aromatic heterocycles. The van der Waals surface area contributed by atoms with Crippen LogP contribution in [0.15, 0.2) is 73.3 Å². The molecule has 7 nitrogen and oxygen atoms in total. The number of imidazole rings is 1. The summed E-state index contributed by atoms with van der Waals surface area (Å²) in [5.41, 5.74) is 3.05. The van der Waals surface area contributed by atoms with Crippen molar-refractivity contribution in [1.29, 1.82) is 0 Å². The molecule has 152 valence electrons. The molecule has 0 N–H and O–H groups in total. The lowest BCUT2D eigenvalue weighted by atomic mass is 10.00. The van der Waals surface area contributed by atoms with Crippen LogP contribution in [0.4, 0.5) is 0 Å². The predicted octanol–water partition coefficient (Wildman–Crippen LogP) is 2.79. The van der Waals surface area contributed by atoms with Gasteiger partial charge in [0.25, 0.3) is 10.1 Å². The SMILES string of the molecule is CS(=O)(=O)OC[C@@H]1CO[C@](Cn2ccnc2)(c2ccc(-c3ccccc3)cc2)O1. The number of hydrogen-bond acceptors (Lipinski definition) is 6. The molecule has 1 saturated heterocycles. The Morgan fingerprint density at radius 1 is 1.14 bits per heavy atom. The molecule has 0 amide bonds. The first-order valence-corrected chi connectivity index (χ1v) is 11.0. The van der Waals surface area contributed by atoms with E-state index < -0.39 is 22.0 Å². The van der Waals surface area contributed by atoms with Gasteiger partial charge in [0.2, 0.25) is 5.79 Å². The largest absolute Gasteiger partial charge is 0.342 e. The Kier molecular flexibility index (Phi) is 5.51. The average molecular weight is 414 g/mol. The lowest BCUT2D eigenvalue weighted by Gasteiger charge is -2.29. The summed E-state index contributed by atoms with van der Waals surface area (Å²) < 4.78 is 41.7. The molecule has 0 radical (unpaired) electrons. The molecule has 0 unspecified atom stereocenters. The molecule has 2 heterocycles. The second kappa shape index (κ2) is 8.08. The highest BCUT2D eigenvalue weighted by atomic mass is 32.2. The summed E-state index contributed by atoms with van der Waals surface area (Å²) in [6, 6.07) is 18.1. The monoisotopic (exact) mass is 414 g/mol. The van der Waals surface area contributed by atoms with Crippen LogP contribution in [0, 0.1) is 0 Å². The zero-order valence-corrected chi connectivity index (χ0v) is 16.8. The molecule has 4 rings (SSSR count). The van der Waals surface area contributed by atoms with Gasteiger partial charge in [0.05, 0.1) is 32.3 Å². The van der Waals surface area contributed by atoms with Gasteiger partial charge in [0, 0.05) is 18.0 Å². The maximum absolute atomic E-state index is 11.3. The quantitative estimate of drug-likeness (QED) is 0.553. The summed E-state index contributed by atoms with van der Waals surface area (Å²) in [5.74, 6) is -1.05. The van der Waals surface area contributed by atoms with Gasteiger partial charge >= 0.3 is 0 Å². The standard InChI is InChI=1S/C21H22N2O5S/c1-29(24,25)27-14-20-13-26-21(28-20,15-23-12-11-22-16-23)19-9-7-18(8-10-19)17-5-3-2-4-6-17/h2-12,16,20H,13-15H2,1H3/t20-,21-/m0/s1. The molecule has 1 aliphatic heterocycles. The van der Waals surface area contributed by atoms with Gasteiger partial charge in [-0.1, -0.05) is 54.6 Å². The number of rotatable bonds is 7. The molecular formula is C21H22N2O5S. The van der Waals surface area contributed by atoms with Gasteiger partial charge in [-0.15, -0.1) is 0 Å². The summed E-state index contributed by atoms with van der Waals surface area (Å²) in [6.07, 6.45) is 5.72. The topological polar surface area (TPSA) is 79.7 Å². The minimum absolute atomic E-state index is 0.0907. The van der Waals surface area contributed by atoms with E-state index in [1.807, 2.05) is 53.2 Å². The second-order valence-corrected chi connectivity index (χ2v) is 8.61. The number of benzene rings is 2. The van der Waals surface area contributed by atoms with Crippen molar-refractivity contribution in [3.63, 3.8) is 0 Å². The van der Waals surface area contributed by atoms with Crippen LogP contribution in [-0.4, -0.2) is 43.5 Å². The normalized spacial score (nSPS) is 22.0. The summed E-state index contributed by atoms with van der Waals surface area (Å²) in [4.78, 5) is 4.08. The van der Waals surface area contributed by atoms with Crippen LogP contribution >= 0.6 is 0 Å². The maximum atomic E-state index is 11.3. The van der Waals surface area contributed by atoms with Crippen LogP contribution in [0.2, 0.25) is 0 Å². The molecule has 0 aliphatic carbocycles. The van der Waals surface area contributed by atoms with Gasteiger partial charge in [-0.3, -0.25) is 4.18 Å². The summed E-state index contributed by atoms with van der Waals surface area (Å²) >= 11 is 0. The van der Waals surface area contributed by atoms with Gasteiger partial charge in [-0.05, 0) is 11.1 Å². The molecule has 2 atom stereocenters. The fourth-order valence-corrected chi connectivity index (χ4v) is 3.74. The molecule has 8 heteroatoms. The third kappa shape index (κ3) is 4.73. The first-order valence-electron chi connectivity index (χ1n) is 9.21. The maximum Gasteiger partial charge on any atom is 0.264 e. The van der Waals surface area contributed by atoms with Crippen molar-refractivity contribution >= 4 is 10.1 Å². The Hall–Kier alpha value is -2.52. The second-order valence-electron chi connectivity index (χ2n) is 6.97. The van der Waals surface area contributed by atoms with Gasteiger partial charge < -0.3 is 14.0 Å². The van der Waals surface area contributed by atoms with E-state index in [1.54, 1.807) is 12.5 Å². The first-order chi connectivity index (χ1) is 13.9. The van der Waals surface area contributed by atoms with E-state index in [9.17, 15) is 8.42 Å². The van der Waals surface area contributed by atoms with Crippen LogP contribution in [0.1, 0.15) is 5.56 Å². The summed E-state index contributed by atoms with van der Waals surface area (Å²) in [7, 11) is -3.55. The van der Waals surface area contributed by atoms with Crippen LogP contribution in [-0.2, 0) is 36.1 Å². The summed E-state index contributed by atoms with van der Waals surface area (Å²) in [5, 5.41) is 0. The highest BCUT2D eigenvalue weighted by Crippen LogP contribution is 2.37. The Morgan fingerprint density at radius 3 is 2.52 bits per heavy atom. The van der Waals surface area contributed by atoms with E-state index in [1.165, 1.54) is 0 Å². The molecule has 3 aromatic rings. The van der Waals surface area contributed by atoms with E-state index >= 15 is 0 Å². The first kappa shape index (κ1) is 19.8. The molecule has 29 heavy (non-hydrogen) atoms. The van der Waals surface area contributed by atoms with Crippen LogP contribution in [0.5, 0.6) is 0 Å². The predicted molar refractivity (Wildman–Crippen MR) is 107 cm³/mol. The Morgan fingerprint density at radius 2 is 1.86 bits per heavy atom. The number of ether oxygens (including phenoxy) is 2. The van der Waals surface area contributed by atoms with Gasteiger partial charge in [-0.2, -0.15) is 8.42 Å². The van der Waals surface area contributed by atoms with Crippen molar-refractivity contribution in [3.8, 4) is 11.1 Å². The molecule has 2 aromatic carbocycles. The van der Waals surface area contributed by atoms with E-state index in [0.717, 1.165) is 22.9 Å². The van der Waals surface area contributed by atoms with Crippen LogP contribution in [0.3, 0.4) is 0 Å². The highest BCUT2D eigenvalue weighted by molar-refractivity contribution is 7.85. The van der Waals surface area contributed by atoms with Gasteiger partial charge in [0.15, 0.2) is 0 Å². The number of nitrogens with zero attached hydrogens (tertiary/aromatic N) is 2. The average Bonchev–Trinajstić information content (AvgIpc) is 3.38. The zero-order chi connectivity index (χ0) is 20.3. The lowest BCUT2D eigenvalue weighted by molar-refractivity contribution is -0.189. The smallest absolute Gasteiger partial charge is 0.264 e. The lowest BCUT2D eigenvalue weighted by Crippen LogP contribution is -2.34. The van der Waals surface area contributed by atoms with E-state index in [4.69, 9.17) is 13.7 Å². The minimum atomic E-state index is -3.55. The van der Waals surface area contributed by atoms with Crippen molar-refractivity contribution in [2.24, 2.45) is 0 Å². The molecule has 0 spiro atoms. The third-order valence-electron chi connectivity index (χ3n) is 4.71. The fourth-order valence-electron chi connectivity index (χ4n) is 3.34. The van der Waals surface area contributed by atoms with Crippen LogP contribution < -0.4 is 0 Å². The van der Waals surface area contributed by atoms with Crippen molar-refractivity contribution in [2.75, 3.05) is 19.5 Å². The van der Waals surface area contributed by atoms with Crippen molar-refractivity contribution in [3.05, 3.63) is 78.9 Å². The third-order valence-corrected chi connectivity index (χ3v) is 5.27. The van der Waals surface area contributed by atoms with E-state index in [0.29, 0.717) is 6.54 Å². The van der Waals surface area contributed by atoms with Gasteiger partial charge in [0.1, 0.15) is 6.10 Å². The zero-order valence-electron chi connectivity index (χ0n) is 16.0. The number of hydrogen-bond donors (Lipinski definition) is 0. The van der Waals surface area contributed by atoms with Gasteiger partial charge in [-0.25, -0.2) is 4.98 Å².